The number of hydrogen-bond donors (Lipinski definition) is 0. The van der Waals surface area contributed by atoms with Gasteiger partial charge >= 0.3 is 5.97 Å². The molecule has 1 aromatic carbocycles. The summed E-state index contributed by atoms with van der Waals surface area (Å²) in [5, 5.41) is 0. The van der Waals surface area contributed by atoms with Crippen LogP contribution in [0.5, 0.6) is 0 Å². The first-order chi connectivity index (χ1) is 13.7. The van der Waals surface area contributed by atoms with Crippen molar-refractivity contribution in [1.29, 1.82) is 0 Å². The lowest BCUT2D eigenvalue weighted by Gasteiger charge is -2.50. The van der Waals surface area contributed by atoms with Gasteiger partial charge in [-0.05, 0) is 30.7 Å². The van der Waals surface area contributed by atoms with Gasteiger partial charge in [-0.25, -0.2) is 0 Å². The number of unbranched alkanes of at least 4 members (excludes halogenated alkanes) is 1. The Morgan fingerprint density at radius 2 is 2.04 bits per heavy atom. The molecular weight excluding hydrogens is 354 g/mol. The Bertz CT molecular complexity index is 643. The number of likely N-dealkylation sites (tertiary alicyclic amines) is 1. The highest BCUT2D eigenvalue weighted by atomic mass is 16.7. The van der Waals surface area contributed by atoms with Gasteiger partial charge in [-0.15, -0.1) is 0 Å². The maximum absolute atomic E-state index is 12.7. The molecule has 5 nitrogen and oxygen atoms in total. The Kier molecular flexibility index (Phi) is 6.34. The molecule has 3 aliphatic rings. The van der Waals surface area contributed by atoms with E-state index in [2.05, 4.69) is 42.2 Å². The van der Waals surface area contributed by atoms with Crippen LogP contribution in [0.25, 0.3) is 0 Å². The van der Waals surface area contributed by atoms with E-state index < -0.39 is 5.79 Å². The summed E-state index contributed by atoms with van der Waals surface area (Å²) in [5.74, 6) is -0.0858. The monoisotopic (exact) mass is 387 g/mol. The van der Waals surface area contributed by atoms with Gasteiger partial charge in [0.05, 0.1) is 25.7 Å². The number of hydrogen-bond acceptors (Lipinski definition) is 5. The van der Waals surface area contributed by atoms with Crippen molar-refractivity contribution in [3.63, 3.8) is 0 Å². The quantitative estimate of drug-likeness (QED) is 0.549. The van der Waals surface area contributed by atoms with Crippen LogP contribution in [0.4, 0.5) is 0 Å². The van der Waals surface area contributed by atoms with Crippen molar-refractivity contribution in [2.24, 2.45) is 11.8 Å². The van der Waals surface area contributed by atoms with Gasteiger partial charge in [0.2, 0.25) is 0 Å². The fourth-order valence-corrected chi connectivity index (χ4v) is 5.19. The van der Waals surface area contributed by atoms with Crippen LogP contribution in [0.15, 0.2) is 30.3 Å². The number of ether oxygens (including phenoxy) is 3. The second kappa shape index (κ2) is 8.93. The van der Waals surface area contributed by atoms with Crippen LogP contribution in [0.2, 0.25) is 0 Å². The molecule has 28 heavy (non-hydrogen) atoms. The lowest BCUT2D eigenvalue weighted by molar-refractivity contribution is -0.205. The molecule has 3 atom stereocenters. The lowest BCUT2D eigenvalue weighted by atomic mass is 9.72. The molecular formula is C23H33NO4. The minimum absolute atomic E-state index is 0.0298. The van der Waals surface area contributed by atoms with Gasteiger partial charge in [-0.3, -0.25) is 9.69 Å². The maximum Gasteiger partial charge on any atom is 0.310 e. The van der Waals surface area contributed by atoms with Crippen LogP contribution in [0.3, 0.4) is 0 Å². The summed E-state index contributed by atoms with van der Waals surface area (Å²) in [6.07, 6.45) is 5.76. The fraction of sp³-hybridized carbons (Fsp3) is 0.696. The number of esters is 1. The van der Waals surface area contributed by atoms with Crippen LogP contribution >= 0.6 is 0 Å². The standard InChI is InChI=1S/C23H33NO4/c1-2-3-11-26-22(25)20-14-19-15-23(27-12-13-28-23)10-9-21(19)24(17-20)16-18-7-5-4-6-8-18/h4-8,19-21H,2-3,9-17H2,1H3. The fourth-order valence-electron chi connectivity index (χ4n) is 5.19. The Hall–Kier alpha value is -1.43. The minimum atomic E-state index is -0.409. The van der Waals surface area contributed by atoms with Crippen molar-refractivity contribution in [3.05, 3.63) is 35.9 Å². The normalized spacial score (nSPS) is 29.5. The first-order valence-corrected chi connectivity index (χ1v) is 10.9. The third kappa shape index (κ3) is 4.42. The van der Waals surface area contributed by atoms with E-state index >= 15 is 0 Å². The predicted octanol–water partition coefficient (Wildman–Crippen LogP) is 3.76. The third-order valence-corrected chi connectivity index (χ3v) is 6.57. The van der Waals surface area contributed by atoms with Gasteiger partial charge in [0.15, 0.2) is 5.79 Å². The van der Waals surface area contributed by atoms with E-state index in [4.69, 9.17) is 14.2 Å². The molecule has 0 amide bonds. The number of rotatable bonds is 6. The number of nitrogens with zero attached hydrogens (tertiary/aromatic N) is 1. The van der Waals surface area contributed by atoms with Crippen molar-refractivity contribution < 1.29 is 19.0 Å². The second-order valence-corrected chi connectivity index (χ2v) is 8.55. The van der Waals surface area contributed by atoms with Crippen LogP contribution in [0, 0.1) is 11.8 Å². The molecule has 0 aromatic heterocycles. The molecule has 1 aromatic rings. The van der Waals surface area contributed by atoms with E-state index in [9.17, 15) is 4.79 Å². The zero-order chi connectivity index (χ0) is 19.4. The molecule has 3 fully saturated rings. The predicted molar refractivity (Wildman–Crippen MR) is 107 cm³/mol. The molecule has 2 aliphatic heterocycles. The summed E-state index contributed by atoms with van der Waals surface area (Å²) in [6.45, 7) is 5.70. The molecule has 1 aliphatic carbocycles. The Morgan fingerprint density at radius 3 is 2.79 bits per heavy atom. The first-order valence-electron chi connectivity index (χ1n) is 10.9. The molecule has 3 unspecified atom stereocenters. The van der Waals surface area contributed by atoms with Gasteiger partial charge in [-0.1, -0.05) is 43.7 Å². The molecule has 0 radical (unpaired) electrons. The lowest BCUT2D eigenvalue weighted by Crippen LogP contribution is -2.55. The smallest absolute Gasteiger partial charge is 0.310 e. The van der Waals surface area contributed by atoms with Crippen molar-refractivity contribution in [1.82, 2.24) is 4.90 Å². The summed E-state index contributed by atoms with van der Waals surface area (Å²) < 4.78 is 17.6. The summed E-state index contributed by atoms with van der Waals surface area (Å²) in [7, 11) is 0. The topological polar surface area (TPSA) is 48.0 Å². The van der Waals surface area contributed by atoms with Gasteiger partial charge in [0, 0.05) is 32.0 Å². The van der Waals surface area contributed by atoms with Crippen molar-refractivity contribution in [2.75, 3.05) is 26.4 Å². The Labute approximate surface area is 168 Å². The summed E-state index contributed by atoms with van der Waals surface area (Å²) in [5.41, 5.74) is 1.30. The first kappa shape index (κ1) is 19.9. The highest BCUT2D eigenvalue weighted by Gasteiger charge is 2.50. The van der Waals surface area contributed by atoms with Crippen LogP contribution in [-0.2, 0) is 25.5 Å². The molecule has 2 saturated heterocycles. The van der Waals surface area contributed by atoms with E-state index in [1.807, 2.05) is 0 Å². The summed E-state index contributed by atoms with van der Waals surface area (Å²) in [6, 6.07) is 11.1. The van der Waals surface area contributed by atoms with E-state index in [-0.39, 0.29) is 11.9 Å². The van der Waals surface area contributed by atoms with Gasteiger partial charge in [-0.2, -0.15) is 0 Å². The number of benzene rings is 1. The third-order valence-electron chi connectivity index (χ3n) is 6.57. The molecule has 1 saturated carbocycles. The molecule has 1 spiro atoms. The van der Waals surface area contributed by atoms with Gasteiger partial charge in [0.25, 0.3) is 0 Å². The maximum atomic E-state index is 12.7. The highest BCUT2D eigenvalue weighted by molar-refractivity contribution is 5.73. The molecule has 0 bridgehead atoms. The van der Waals surface area contributed by atoms with Crippen molar-refractivity contribution in [2.45, 2.75) is 63.8 Å². The van der Waals surface area contributed by atoms with Crippen molar-refractivity contribution in [3.8, 4) is 0 Å². The Morgan fingerprint density at radius 1 is 1.25 bits per heavy atom. The van der Waals surface area contributed by atoms with Crippen LogP contribution < -0.4 is 0 Å². The molecule has 5 heteroatoms. The summed E-state index contributed by atoms with van der Waals surface area (Å²) >= 11 is 0. The van der Waals surface area contributed by atoms with Crippen LogP contribution in [0.1, 0.15) is 51.0 Å². The van der Waals surface area contributed by atoms with Crippen LogP contribution in [-0.4, -0.2) is 49.1 Å². The van der Waals surface area contributed by atoms with Gasteiger partial charge in [0.1, 0.15) is 0 Å². The van der Waals surface area contributed by atoms with E-state index in [0.29, 0.717) is 31.8 Å². The summed E-state index contributed by atoms with van der Waals surface area (Å²) in [4.78, 5) is 15.3. The van der Waals surface area contributed by atoms with E-state index in [1.165, 1.54) is 5.56 Å². The SMILES string of the molecule is CCCCOC(=O)C1CC2CC3(CCC2N(Cc2ccccc2)C1)OCCO3. The zero-order valence-corrected chi connectivity index (χ0v) is 17.0. The molecule has 0 N–H and O–H groups in total. The second-order valence-electron chi connectivity index (χ2n) is 8.55. The van der Waals surface area contributed by atoms with E-state index in [1.54, 1.807) is 0 Å². The van der Waals surface area contributed by atoms with Crippen molar-refractivity contribution >= 4 is 5.97 Å². The zero-order valence-electron chi connectivity index (χ0n) is 17.0. The molecule has 154 valence electrons. The van der Waals surface area contributed by atoms with E-state index in [0.717, 1.165) is 51.6 Å². The average Bonchev–Trinajstić information content (AvgIpc) is 3.16. The number of fused-ring (bicyclic) bond motifs is 1. The van der Waals surface area contributed by atoms with Gasteiger partial charge < -0.3 is 14.2 Å². The minimum Gasteiger partial charge on any atom is -0.465 e. The largest absolute Gasteiger partial charge is 0.465 e. The Balaban J connectivity index is 1.48. The number of carbonyl (C=O) groups excluding carboxylic acids is 1. The number of piperidine rings is 1. The molecule has 2 heterocycles. The number of carbonyl (C=O) groups is 1. The highest BCUT2D eigenvalue weighted by Crippen LogP contribution is 2.45. The molecule has 4 rings (SSSR count). The average molecular weight is 388 g/mol.